The van der Waals surface area contributed by atoms with Gasteiger partial charge in [-0.05, 0) is 48.3 Å². The van der Waals surface area contributed by atoms with E-state index in [1.807, 2.05) is 4.57 Å². The molecule has 1 N–H and O–H groups in total. The zero-order valence-electron chi connectivity index (χ0n) is 12.8. The van der Waals surface area contributed by atoms with E-state index in [2.05, 4.69) is 26.2 Å². The van der Waals surface area contributed by atoms with Gasteiger partial charge in [0.25, 0.3) is 0 Å². The van der Waals surface area contributed by atoms with Gasteiger partial charge in [0.15, 0.2) is 0 Å². The summed E-state index contributed by atoms with van der Waals surface area (Å²) in [5.74, 6) is -0.579. The first-order chi connectivity index (χ1) is 11.1. The molecule has 6 nitrogen and oxygen atoms in total. The number of nitrogens with zero attached hydrogens (tertiary/aromatic N) is 2. The molecule has 2 aromatic heterocycles. The van der Waals surface area contributed by atoms with E-state index in [1.165, 1.54) is 0 Å². The minimum atomic E-state index is -0.579. The van der Waals surface area contributed by atoms with Crippen LogP contribution in [0.1, 0.15) is 36.2 Å². The standard InChI is InChI=1S/C16H18BrN3O3/c1-2-23-16(22)12-9-20(10-4-3-5-18-7-10)13-8-19-14(17)6-11(13)15(12)21/h6,8-10,18H,2-5,7H2,1H3. The summed E-state index contributed by atoms with van der Waals surface area (Å²) >= 11 is 3.29. The molecule has 1 fully saturated rings. The van der Waals surface area contributed by atoms with Crippen LogP contribution in [0, 0.1) is 0 Å². The van der Waals surface area contributed by atoms with E-state index in [-0.39, 0.29) is 23.6 Å². The molecule has 0 saturated carbocycles. The Morgan fingerprint density at radius 3 is 3.09 bits per heavy atom. The van der Waals surface area contributed by atoms with Crippen LogP contribution in [-0.4, -0.2) is 35.2 Å². The third-order valence-electron chi connectivity index (χ3n) is 4.04. The number of hydrogen-bond donors (Lipinski definition) is 1. The summed E-state index contributed by atoms with van der Waals surface area (Å²) in [4.78, 5) is 29.0. The van der Waals surface area contributed by atoms with Gasteiger partial charge in [-0.15, -0.1) is 0 Å². The molecule has 23 heavy (non-hydrogen) atoms. The predicted octanol–water partition coefficient (Wildman–Crippen LogP) is 2.26. The molecular formula is C16H18BrN3O3. The number of halogens is 1. The monoisotopic (exact) mass is 379 g/mol. The smallest absolute Gasteiger partial charge is 0.343 e. The van der Waals surface area contributed by atoms with E-state index in [9.17, 15) is 9.59 Å². The maximum Gasteiger partial charge on any atom is 0.343 e. The Morgan fingerprint density at radius 1 is 1.57 bits per heavy atom. The van der Waals surface area contributed by atoms with E-state index >= 15 is 0 Å². The molecular weight excluding hydrogens is 362 g/mol. The lowest BCUT2D eigenvalue weighted by Crippen LogP contribution is -2.33. The Labute approximate surface area is 142 Å². The highest BCUT2D eigenvalue weighted by molar-refractivity contribution is 9.10. The van der Waals surface area contributed by atoms with Gasteiger partial charge in [0.2, 0.25) is 5.43 Å². The van der Waals surface area contributed by atoms with Crippen molar-refractivity contribution in [1.82, 2.24) is 14.9 Å². The Kier molecular flexibility index (Phi) is 4.77. The van der Waals surface area contributed by atoms with Crippen molar-refractivity contribution in [3.63, 3.8) is 0 Å². The van der Waals surface area contributed by atoms with Crippen molar-refractivity contribution in [2.45, 2.75) is 25.8 Å². The van der Waals surface area contributed by atoms with E-state index in [0.29, 0.717) is 9.99 Å². The predicted molar refractivity (Wildman–Crippen MR) is 90.8 cm³/mol. The van der Waals surface area contributed by atoms with Gasteiger partial charge in [-0.25, -0.2) is 9.78 Å². The first kappa shape index (κ1) is 16.1. The molecule has 3 heterocycles. The first-order valence-corrected chi connectivity index (χ1v) is 8.49. The van der Waals surface area contributed by atoms with Crippen molar-refractivity contribution in [2.75, 3.05) is 19.7 Å². The zero-order chi connectivity index (χ0) is 16.4. The minimum absolute atomic E-state index is 0.0722. The molecule has 0 spiro atoms. The third-order valence-corrected chi connectivity index (χ3v) is 4.48. The number of piperidine rings is 1. The molecule has 0 bridgehead atoms. The highest BCUT2D eigenvalue weighted by Gasteiger charge is 2.22. The quantitative estimate of drug-likeness (QED) is 0.653. The second kappa shape index (κ2) is 6.80. The number of fused-ring (bicyclic) bond motifs is 1. The van der Waals surface area contributed by atoms with Gasteiger partial charge >= 0.3 is 5.97 Å². The number of hydrogen-bond acceptors (Lipinski definition) is 5. The molecule has 3 rings (SSSR count). The lowest BCUT2D eigenvalue weighted by atomic mass is 10.1. The number of rotatable bonds is 3. The lowest BCUT2D eigenvalue weighted by Gasteiger charge is -2.27. The van der Waals surface area contributed by atoms with Crippen molar-refractivity contribution in [3.8, 4) is 0 Å². The van der Waals surface area contributed by atoms with Crippen molar-refractivity contribution >= 4 is 32.8 Å². The molecule has 1 aliphatic heterocycles. The number of carbonyl (C=O) groups excluding carboxylic acids is 1. The van der Waals surface area contributed by atoms with Crippen LogP contribution in [0.2, 0.25) is 0 Å². The van der Waals surface area contributed by atoms with Crippen molar-refractivity contribution in [2.24, 2.45) is 0 Å². The molecule has 1 unspecified atom stereocenters. The fourth-order valence-electron chi connectivity index (χ4n) is 2.95. The summed E-state index contributed by atoms with van der Waals surface area (Å²) in [5.41, 5.74) is 0.490. The lowest BCUT2D eigenvalue weighted by molar-refractivity contribution is 0.0524. The number of pyridine rings is 2. The molecule has 0 aromatic carbocycles. The Hall–Kier alpha value is -1.73. The van der Waals surface area contributed by atoms with Crippen LogP contribution < -0.4 is 10.7 Å². The van der Waals surface area contributed by atoms with Crippen LogP contribution in [0.25, 0.3) is 10.9 Å². The summed E-state index contributed by atoms with van der Waals surface area (Å²) in [6.07, 6.45) is 5.33. The van der Waals surface area contributed by atoms with Crippen LogP contribution in [0.3, 0.4) is 0 Å². The minimum Gasteiger partial charge on any atom is -0.462 e. The second-order valence-corrected chi connectivity index (χ2v) is 6.34. The molecule has 0 radical (unpaired) electrons. The van der Waals surface area contributed by atoms with Crippen LogP contribution in [-0.2, 0) is 4.74 Å². The van der Waals surface area contributed by atoms with Gasteiger partial charge in [-0.1, -0.05) is 0 Å². The number of carbonyl (C=O) groups is 1. The van der Waals surface area contributed by atoms with Gasteiger partial charge in [-0.2, -0.15) is 0 Å². The van der Waals surface area contributed by atoms with Crippen LogP contribution in [0.5, 0.6) is 0 Å². The number of esters is 1. The summed E-state index contributed by atoms with van der Waals surface area (Å²) < 4.78 is 7.58. The second-order valence-electron chi connectivity index (χ2n) is 5.52. The third kappa shape index (κ3) is 3.16. The summed E-state index contributed by atoms with van der Waals surface area (Å²) in [7, 11) is 0. The molecule has 122 valence electrons. The molecule has 1 aliphatic rings. The van der Waals surface area contributed by atoms with Crippen molar-refractivity contribution < 1.29 is 9.53 Å². The number of ether oxygens (including phenoxy) is 1. The largest absolute Gasteiger partial charge is 0.462 e. The Balaban J connectivity index is 2.22. The van der Waals surface area contributed by atoms with E-state index in [1.54, 1.807) is 25.4 Å². The highest BCUT2D eigenvalue weighted by atomic mass is 79.9. The van der Waals surface area contributed by atoms with Gasteiger partial charge in [0.1, 0.15) is 10.2 Å². The Bertz CT molecular complexity index is 797. The summed E-state index contributed by atoms with van der Waals surface area (Å²) in [6, 6.07) is 1.84. The normalized spacial score (nSPS) is 18.1. The van der Waals surface area contributed by atoms with E-state index in [0.717, 1.165) is 31.4 Å². The average Bonchev–Trinajstić information content (AvgIpc) is 2.56. The van der Waals surface area contributed by atoms with Crippen molar-refractivity contribution in [1.29, 1.82) is 0 Å². The molecule has 2 aromatic rings. The topological polar surface area (TPSA) is 73.2 Å². The van der Waals surface area contributed by atoms with Gasteiger partial charge in [0, 0.05) is 18.8 Å². The van der Waals surface area contributed by atoms with Crippen LogP contribution >= 0.6 is 15.9 Å². The fraction of sp³-hybridized carbons (Fsp3) is 0.438. The first-order valence-electron chi connectivity index (χ1n) is 7.70. The molecule has 1 saturated heterocycles. The van der Waals surface area contributed by atoms with Gasteiger partial charge in [0.05, 0.1) is 23.7 Å². The molecule has 0 aliphatic carbocycles. The Morgan fingerprint density at radius 2 is 2.39 bits per heavy atom. The maximum atomic E-state index is 12.7. The SMILES string of the molecule is CCOC(=O)c1cn(C2CCCNC2)c2cnc(Br)cc2c1=O. The van der Waals surface area contributed by atoms with E-state index in [4.69, 9.17) is 4.74 Å². The fourth-order valence-corrected chi connectivity index (χ4v) is 3.28. The molecule has 1 atom stereocenters. The number of nitrogens with one attached hydrogen (secondary N) is 1. The van der Waals surface area contributed by atoms with E-state index < -0.39 is 5.97 Å². The van der Waals surface area contributed by atoms with Crippen molar-refractivity contribution in [3.05, 3.63) is 38.9 Å². The molecule has 0 amide bonds. The van der Waals surface area contributed by atoms with Gasteiger partial charge < -0.3 is 14.6 Å². The average molecular weight is 380 g/mol. The van der Waals surface area contributed by atoms with Gasteiger partial charge in [-0.3, -0.25) is 4.79 Å². The van der Waals surface area contributed by atoms with Crippen LogP contribution in [0.15, 0.2) is 27.9 Å². The zero-order valence-corrected chi connectivity index (χ0v) is 14.4. The maximum absolute atomic E-state index is 12.7. The summed E-state index contributed by atoms with van der Waals surface area (Å²) in [5, 5.41) is 3.83. The highest BCUT2D eigenvalue weighted by Crippen LogP contribution is 2.23. The van der Waals surface area contributed by atoms with Crippen LogP contribution in [0.4, 0.5) is 0 Å². The summed E-state index contributed by atoms with van der Waals surface area (Å²) in [6.45, 7) is 3.75. The number of aromatic nitrogens is 2. The molecule has 7 heteroatoms.